The maximum Gasteiger partial charge on any atom is 0.191 e. The molecule has 0 spiro atoms. The molecule has 1 aromatic heterocycles. The highest BCUT2D eigenvalue weighted by Crippen LogP contribution is 2.30. The Labute approximate surface area is 185 Å². The molecule has 0 amide bonds. The fraction of sp³-hybridized carbons (Fsp3) is 0.522. The van der Waals surface area contributed by atoms with Crippen LogP contribution in [0.15, 0.2) is 46.0 Å². The van der Waals surface area contributed by atoms with Gasteiger partial charge in [0, 0.05) is 56.6 Å². The summed E-state index contributed by atoms with van der Waals surface area (Å²) in [5, 5.41) is 7.03. The van der Waals surface area contributed by atoms with Gasteiger partial charge in [0.2, 0.25) is 0 Å². The number of aliphatic imine (C=N–C) groups is 1. The number of methoxy groups -OCH3 is 2. The lowest BCUT2D eigenvalue weighted by molar-refractivity contribution is 0.257. The van der Waals surface area contributed by atoms with Crippen molar-refractivity contribution in [2.24, 2.45) is 4.99 Å². The van der Waals surface area contributed by atoms with Gasteiger partial charge in [0.25, 0.3) is 0 Å². The quantitative estimate of drug-likeness (QED) is 0.494. The number of likely N-dealkylation sites (N-methyl/N-ethyl adjacent to an activating group) is 1. The van der Waals surface area contributed by atoms with Crippen molar-refractivity contribution in [1.82, 2.24) is 15.5 Å². The molecule has 170 valence electrons. The number of anilines is 1. The van der Waals surface area contributed by atoms with Crippen LogP contribution in [0, 0.1) is 0 Å². The SMILES string of the molecule is CN=C(NCC(c1ccco1)N(C)C)NC1CCN(c2cc(OC)cc(OC)c2)CC1. The highest BCUT2D eigenvalue weighted by molar-refractivity contribution is 5.80. The molecule has 2 heterocycles. The summed E-state index contributed by atoms with van der Waals surface area (Å²) in [7, 11) is 9.27. The van der Waals surface area contributed by atoms with E-state index >= 15 is 0 Å². The fourth-order valence-electron chi connectivity index (χ4n) is 3.86. The van der Waals surface area contributed by atoms with E-state index in [0.29, 0.717) is 12.6 Å². The molecule has 1 aromatic carbocycles. The minimum Gasteiger partial charge on any atom is -0.497 e. The van der Waals surface area contributed by atoms with Crippen LogP contribution in [-0.2, 0) is 0 Å². The second-order valence-electron chi connectivity index (χ2n) is 7.92. The van der Waals surface area contributed by atoms with Crippen molar-refractivity contribution in [1.29, 1.82) is 0 Å². The number of benzene rings is 1. The fourth-order valence-corrected chi connectivity index (χ4v) is 3.86. The molecule has 1 aliphatic heterocycles. The van der Waals surface area contributed by atoms with Crippen LogP contribution in [-0.4, -0.2) is 71.9 Å². The van der Waals surface area contributed by atoms with Gasteiger partial charge in [0.05, 0.1) is 26.5 Å². The molecule has 0 bridgehead atoms. The topological polar surface area (TPSA) is 74.5 Å². The van der Waals surface area contributed by atoms with E-state index in [9.17, 15) is 0 Å². The zero-order chi connectivity index (χ0) is 22.2. The molecule has 3 rings (SSSR count). The lowest BCUT2D eigenvalue weighted by atomic mass is 10.0. The van der Waals surface area contributed by atoms with Crippen molar-refractivity contribution in [3.05, 3.63) is 42.4 Å². The van der Waals surface area contributed by atoms with E-state index in [2.05, 4.69) is 37.6 Å². The third-order valence-corrected chi connectivity index (χ3v) is 5.72. The Morgan fingerprint density at radius 2 is 1.87 bits per heavy atom. The second kappa shape index (κ2) is 10.9. The standard InChI is InChI=1S/C23H35N5O3/c1-24-23(25-16-21(27(2)3)22-7-6-12-31-22)26-17-8-10-28(11-9-17)18-13-19(29-4)15-20(14-18)30-5/h6-7,12-15,17,21H,8-11,16H2,1-5H3,(H2,24,25,26). The monoisotopic (exact) mass is 429 g/mol. The zero-order valence-electron chi connectivity index (χ0n) is 19.2. The highest BCUT2D eigenvalue weighted by atomic mass is 16.5. The van der Waals surface area contributed by atoms with Crippen molar-refractivity contribution in [2.75, 3.05) is 59.9 Å². The van der Waals surface area contributed by atoms with E-state index in [0.717, 1.165) is 54.8 Å². The second-order valence-corrected chi connectivity index (χ2v) is 7.92. The first-order valence-electron chi connectivity index (χ1n) is 10.7. The van der Waals surface area contributed by atoms with Crippen LogP contribution in [0.5, 0.6) is 11.5 Å². The van der Waals surface area contributed by atoms with Gasteiger partial charge in [0.15, 0.2) is 5.96 Å². The summed E-state index contributed by atoms with van der Waals surface area (Å²) >= 11 is 0. The van der Waals surface area contributed by atoms with Crippen molar-refractivity contribution < 1.29 is 13.9 Å². The minimum absolute atomic E-state index is 0.137. The number of rotatable bonds is 8. The molecule has 1 fully saturated rings. The molecule has 1 saturated heterocycles. The molecule has 0 radical (unpaired) electrons. The number of hydrogen-bond acceptors (Lipinski definition) is 6. The van der Waals surface area contributed by atoms with Crippen molar-refractivity contribution in [2.45, 2.75) is 24.9 Å². The van der Waals surface area contributed by atoms with E-state index in [-0.39, 0.29) is 6.04 Å². The summed E-state index contributed by atoms with van der Waals surface area (Å²) in [6.45, 7) is 2.62. The molecule has 0 aliphatic carbocycles. The molecule has 8 heteroatoms. The van der Waals surface area contributed by atoms with Crippen molar-refractivity contribution in [3.8, 4) is 11.5 Å². The normalized spacial score (nSPS) is 16.3. The Hall–Kier alpha value is -2.87. The molecule has 31 heavy (non-hydrogen) atoms. The van der Waals surface area contributed by atoms with E-state index in [1.807, 2.05) is 39.3 Å². The first-order chi connectivity index (χ1) is 15.0. The summed E-state index contributed by atoms with van der Waals surface area (Å²) < 4.78 is 16.4. The smallest absolute Gasteiger partial charge is 0.191 e. The van der Waals surface area contributed by atoms with Gasteiger partial charge < -0.3 is 29.4 Å². The average molecular weight is 430 g/mol. The van der Waals surface area contributed by atoms with E-state index in [4.69, 9.17) is 13.9 Å². The molecule has 8 nitrogen and oxygen atoms in total. The van der Waals surface area contributed by atoms with Crippen LogP contribution in [0.4, 0.5) is 5.69 Å². The van der Waals surface area contributed by atoms with E-state index in [1.54, 1.807) is 20.5 Å². The average Bonchev–Trinajstić information content (AvgIpc) is 3.32. The molecular formula is C23H35N5O3. The first-order valence-corrected chi connectivity index (χ1v) is 10.7. The molecule has 1 aliphatic rings. The number of guanidine groups is 1. The Bertz CT molecular complexity index is 807. The maximum absolute atomic E-state index is 5.59. The van der Waals surface area contributed by atoms with Gasteiger partial charge in [-0.1, -0.05) is 0 Å². The number of hydrogen-bond donors (Lipinski definition) is 2. The van der Waals surface area contributed by atoms with Gasteiger partial charge in [0.1, 0.15) is 17.3 Å². The Kier molecular flexibility index (Phi) is 8.06. The first kappa shape index (κ1) is 22.8. The Balaban J connectivity index is 1.52. The zero-order valence-corrected chi connectivity index (χ0v) is 19.2. The lowest BCUT2D eigenvalue weighted by Crippen LogP contribution is -2.49. The van der Waals surface area contributed by atoms with E-state index < -0.39 is 0 Å². The van der Waals surface area contributed by atoms with Gasteiger partial charge in [-0.25, -0.2) is 0 Å². The van der Waals surface area contributed by atoms with E-state index in [1.165, 1.54) is 0 Å². The van der Waals surface area contributed by atoms with Gasteiger partial charge in [-0.05, 0) is 39.1 Å². The predicted octanol–water partition coefficient (Wildman–Crippen LogP) is 2.73. The van der Waals surface area contributed by atoms with Gasteiger partial charge in [-0.2, -0.15) is 0 Å². The van der Waals surface area contributed by atoms with Gasteiger partial charge >= 0.3 is 0 Å². The predicted molar refractivity (Wildman–Crippen MR) is 124 cm³/mol. The van der Waals surface area contributed by atoms with Crippen LogP contribution >= 0.6 is 0 Å². The van der Waals surface area contributed by atoms with Crippen LogP contribution in [0.2, 0.25) is 0 Å². The maximum atomic E-state index is 5.59. The molecule has 1 unspecified atom stereocenters. The summed E-state index contributed by atoms with van der Waals surface area (Å²) in [5.41, 5.74) is 1.13. The summed E-state index contributed by atoms with van der Waals surface area (Å²) in [6, 6.07) is 10.5. The molecule has 2 N–H and O–H groups in total. The molecule has 0 saturated carbocycles. The highest BCUT2D eigenvalue weighted by Gasteiger charge is 2.22. The summed E-state index contributed by atoms with van der Waals surface area (Å²) in [6.07, 6.45) is 3.76. The largest absolute Gasteiger partial charge is 0.497 e. The number of nitrogens with one attached hydrogen (secondary N) is 2. The third kappa shape index (κ3) is 6.07. The number of furan rings is 1. The summed E-state index contributed by atoms with van der Waals surface area (Å²) in [5.74, 6) is 3.38. The third-order valence-electron chi connectivity index (χ3n) is 5.72. The number of nitrogens with zero attached hydrogens (tertiary/aromatic N) is 3. The molecular weight excluding hydrogens is 394 g/mol. The van der Waals surface area contributed by atoms with Crippen LogP contribution in [0.25, 0.3) is 0 Å². The van der Waals surface area contributed by atoms with Crippen LogP contribution in [0.3, 0.4) is 0 Å². The van der Waals surface area contributed by atoms with Crippen molar-refractivity contribution in [3.63, 3.8) is 0 Å². The van der Waals surface area contributed by atoms with Gasteiger partial charge in [-0.15, -0.1) is 0 Å². The van der Waals surface area contributed by atoms with Crippen LogP contribution in [0.1, 0.15) is 24.6 Å². The van der Waals surface area contributed by atoms with Gasteiger partial charge in [-0.3, -0.25) is 9.89 Å². The minimum atomic E-state index is 0.137. The lowest BCUT2D eigenvalue weighted by Gasteiger charge is -2.35. The molecule has 2 aromatic rings. The molecule has 1 atom stereocenters. The van der Waals surface area contributed by atoms with Crippen molar-refractivity contribution >= 4 is 11.6 Å². The summed E-state index contributed by atoms with van der Waals surface area (Å²) in [4.78, 5) is 8.93. The number of ether oxygens (including phenoxy) is 2. The number of piperidine rings is 1. The Morgan fingerprint density at radius 3 is 2.39 bits per heavy atom. The Morgan fingerprint density at radius 1 is 1.19 bits per heavy atom. The van der Waals surface area contributed by atoms with Crippen LogP contribution < -0.4 is 25.0 Å².